The molecule has 1 unspecified atom stereocenters. The Bertz CT molecular complexity index is 140. The number of hydrogen-bond donors (Lipinski definition) is 1. The van der Waals surface area contributed by atoms with Gasteiger partial charge in [-0.1, -0.05) is 6.92 Å². The van der Waals surface area contributed by atoms with Gasteiger partial charge in [-0.05, 0) is 11.7 Å². The maximum Gasteiger partial charge on any atom is 0.0594 e. The lowest BCUT2D eigenvalue weighted by atomic mass is 10.2. The van der Waals surface area contributed by atoms with Crippen molar-refractivity contribution in [1.29, 1.82) is 0 Å². The summed E-state index contributed by atoms with van der Waals surface area (Å²) in [5.74, 6) is 2.68. The Morgan fingerprint density at radius 1 is 1.43 bits per heavy atom. The highest BCUT2D eigenvalue weighted by Crippen LogP contribution is 2.08. The molecule has 0 aromatic heterocycles. The zero-order valence-corrected chi connectivity index (χ0v) is 9.76. The summed E-state index contributed by atoms with van der Waals surface area (Å²) in [5, 5.41) is 8.84. The van der Waals surface area contributed by atoms with Crippen LogP contribution in [-0.4, -0.2) is 61.0 Å². The van der Waals surface area contributed by atoms with Gasteiger partial charge in [-0.2, -0.15) is 11.8 Å². The highest BCUT2D eigenvalue weighted by molar-refractivity contribution is 7.99. The Morgan fingerprint density at radius 3 is 2.79 bits per heavy atom. The van der Waals surface area contributed by atoms with Gasteiger partial charge < -0.3 is 9.84 Å². The van der Waals surface area contributed by atoms with Crippen LogP contribution in [0.1, 0.15) is 6.92 Å². The van der Waals surface area contributed by atoms with Crippen LogP contribution in [0.3, 0.4) is 0 Å². The Labute approximate surface area is 90.8 Å². The van der Waals surface area contributed by atoms with Crippen molar-refractivity contribution in [2.45, 2.75) is 6.92 Å². The smallest absolute Gasteiger partial charge is 0.0594 e. The van der Waals surface area contributed by atoms with Gasteiger partial charge in [-0.3, -0.25) is 4.90 Å². The first-order valence-corrected chi connectivity index (χ1v) is 6.47. The second-order valence-corrected chi connectivity index (χ2v) is 4.97. The topological polar surface area (TPSA) is 32.7 Å². The largest absolute Gasteiger partial charge is 0.396 e. The van der Waals surface area contributed by atoms with Gasteiger partial charge in [0.05, 0.1) is 13.2 Å². The molecule has 3 nitrogen and oxygen atoms in total. The summed E-state index contributed by atoms with van der Waals surface area (Å²) >= 11 is 1.94. The first-order chi connectivity index (χ1) is 6.83. The molecular weight excluding hydrogens is 198 g/mol. The minimum Gasteiger partial charge on any atom is -0.396 e. The number of morpholine rings is 1. The van der Waals surface area contributed by atoms with Crippen LogP contribution >= 0.6 is 11.8 Å². The molecule has 1 atom stereocenters. The normalized spacial score (nSPS) is 21.0. The van der Waals surface area contributed by atoms with Crippen molar-refractivity contribution in [1.82, 2.24) is 4.90 Å². The van der Waals surface area contributed by atoms with Crippen LogP contribution in [0.5, 0.6) is 0 Å². The molecule has 1 aliphatic rings. The van der Waals surface area contributed by atoms with Gasteiger partial charge >= 0.3 is 0 Å². The molecule has 1 N–H and O–H groups in total. The molecule has 0 aromatic rings. The second-order valence-electron chi connectivity index (χ2n) is 3.82. The lowest BCUT2D eigenvalue weighted by Crippen LogP contribution is -2.37. The van der Waals surface area contributed by atoms with Crippen LogP contribution in [0.15, 0.2) is 0 Å². The summed E-state index contributed by atoms with van der Waals surface area (Å²) in [6, 6.07) is 0. The first kappa shape index (κ1) is 12.3. The molecular formula is C10H21NO2S. The SMILES string of the molecule is CC(CO)CSCCN1CCOCC1. The third kappa shape index (κ3) is 5.20. The summed E-state index contributed by atoms with van der Waals surface area (Å²) in [5.41, 5.74) is 0. The lowest BCUT2D eigenvalue weighted by molar-refractivity contribution is 0.0410. The van der Waals surface area contributed by atoms with Crippen molar-refractivity contribution >= 4 is 11.8 Å². The molecule has 0 amide bonds. The van der Waals surface area contributed by atoms with Crippen molar-refractivity contribution in [3.05, 3.63) is 0 Å². The highest BCUT2D eigenvalue weighted by Gasteiger charge is 2.09. The van der Waals surface area contributed by atoms with Crippen molar-refractivity contribution in [2.75, 3.05) is 51.0 Å². The minimum absolute atomic E-state index is 0.310. The Morgan fingerprint density at radius 2 is 2.14 bits per heavy atom. The molecule has 4 heteroatoms. The Kier molecular flexibility index (Phi) is 6.60. The summed E-state index contributed by atoms with van der Waals surface area (Å²) in [7, 11) is 0. The van der Waals surface area contributed by atoms with E-state index < -0.39 is 0 Å². The van der Waals surface area contributed by atoms with Gasteiger partial charge in [-0.15, -0.1) is 0 Å². The van der Waals surface area contributed by atoms with Gasteiger partial charge in [0.1, 0.15) is 0 Å². The first-order valence-electron chi connectivity index (χ1n) is 5.31. The van der Waals surface area contributed by atoms with Crippen LogP contribution in [0.2, 0.25) is 0 Å². The van der Waals surface area contributed by atoms with E-state index in [0.29, 0.717) is 12.5 Å². The second kappa shape index (κ2) is 7.51. The van der Waals surface area contributed by atoms with E-state index in [9.17, 15) is 0 Å². The molecule has 0 radical (unpaired) electrons. The quantitative estimate of drug-likeness (QED) is 0.666. The maximum atomic E-state index is 8.84. The number of aliphatic hydroxyl groups excluding tert-OH is 1. The van der Waals surface area contributed by atoms with Crippen molar-refractivity contribution in [3.8, 4) is 0 Å². The molecule has 0 spiro atoms. The van der Waals surface area contributed by atoms with E-state index in [1.807, 2.05) is 11.8 Å². The van der Waals surface area contributed by atoms with E-state index in [1.54, 1.807) is 0 Å². The third-order valence-electron chi connectivity index (χ3n) is 2.37. The molecule has 1 fully saturated rings. The molecule has 1 heterocycles. The fraction of sp³-hybridized carbons (Fsp3) is 1.00. The molecule has 14 heavy (non-hydrogen) atoms. The van der Waals surface area contributed by atoms with Gasteiger partial charge in [0.15, 0.2) is 0 Å². The Hall–Kier alpha value is 0.230. The van der Waals surface area contributed by atoms with Gasteiger partial charge in [0.2, 0.25) is 0 Å². The molecule has 0 saturated carbocycles. The average molecular weight is 219 g/mol. The fourth-order valence-corrected chi connectivity index (χ4v) is 2.42. The van der Waals surface area contributed by atoms with Gasteiger partial charge in [0, 0.05) is 32.0 Å². The van der Waals surface area contributed by atoms with Crippen LogP contribution in [-0.2, 0) is 4.74 Å². The van der Waals surface area contributed by atoms with E-state index in [-0.39, 0.29) is 0 Å². The molecule has 1 aliphatic heterocycles. The molecule has 1 rings (SSSR count). The molecule has 1 saturated heterocycles. The van der Waals surface area contributed by atoms with Gasteiger partial charge in [0.25, 0.3) is 0 Å². The molecule has 0 aliphatic carbocycles. The number of rotatable bonds is 6. The van der Waals surface area contributed by atoms with Crippen LogP contribution in [0.4, 0.5) is 0 Å². The zero-order chi connectivity index (χ0) is 10.2. The summed E-state index contributed by atoms with van der Waals surface area (Å²) in [4.78, 5) is 2.44. The lowest BCUT2D eigenvalue weighted by Gasteiger charge is -2.26. The van der Waals surface area contributed by atoms with E-state index in [0.717, 1.165) is 38.6 Å². The summed E-state index contributed by atoms with van der Waals surface area (Å²) in [6.45, 7) is 7.49. The molecule has 0 aromatic carbocycles. The zero-order valence-electron chi connectivity index (χ0n) is 8.95. The predicted octanol–water partition coefficient (Wildman–Crippen LogP) is 0.680. The Balaban J connectivity index is 1.92. The van der Waals surface area contributed by atoms with E-state index in [4.69, 9.17) is 9.84 Å². The van der Waals surface area contributed by atoms with Crippen molar-refractivity contribution in [3.63, 3.8) is 0 Å². The maximum absolute atomic E-state index is 8.84. The monoisotopic (exact) mass is 219 g/mol. The van der Waals surface area contributed by atoms with E-state index >= 15 is 0 Å². The number of ether oxygens (including phenoxy) is 1. The van der Waals surface area contributed by atoms with E-state index in [1.165, 1.54) is 5.75 Å². The highest BCUT2D eigenvalue weighted by atomic mass is 32.2. The van der Waals surface area contributed by atoms with Crippen molar-refractivity contribution < 1.29 is 9.84 Å². The van der Waals surface area contributed by atoms with E-state index in [2.05, 4.69) is 11.8 Å². The van der Waals surface area contributed by atoms with Gasteiger partial charge in [-0.25, -0.2) is 0 Å². The predicted molar refractivity (Wildman–Crippen MR) is 60.8 cm³/mol. The standard InChI is InChI=1S/C10H21NO2S/c1-10(8-12)9-14-7-4-11-2-5-13-6-3-11/h10,12H,2-9H2,1H3. The van der Waals surface area contributed by atoms with Crippen LogP contribution < -0.4 is 0 Å². The number of aliphatic hydroxyl groups is 1. The third-order valence-corrected chi connectivity index (χ3v) is 3.65. The van der Waals surface area contributed by atoms with Crippen molar-refractivity contribution in [2.24, 2.45) is 5.92 Å². The number of hydrogen-bond acceptors (Lipinski definition) is 4. The molecule has 0 bridgehead atoms. The fourth-order valence-electron chi connectivity index (χ4n) is 1.36. The summed E-state index contributed by atoms with van der Waals surface area (Å²) in [6.07, 6.45) is 0. The average Bonchev–Trinajstić information content (AvgIpc) is 2.25. The van der Waals surface area contributed by atoms with Crippen LogP contribution in [0.25, 0.3) is 0 Å². The minimum atomic E-state index is 0.310. The van der Waals surface area contributed by atoms with Crippen LogP contribution in [0, 0.1) is 5.92 Å². The number of thioether (sulfide) groups is 1. The summed E-state index contributed by atoms with van der Waals surface area (Å²) < 4.78 is 5.28. The molecule has 84 valence electrons. The number of nitrogens with zero attached hydrogens (tertiary/aromatic N) is 1.